The first-order valence-corrected chi connectivity index (χ1v) is 7.72. The quantitative estimate of drug-likeness (QED) is 0.849. The van der Waals surface area contributed by atoms with Gasteiger partial charge >= 0.3 is 0 Å². The number of quaternary nitrogens is 1. The maximum Gasteiger partial charge on any atom is 0.132 e. The molecule has 0 aliphatic carbocycles. The highest BCUT2D eigenvalue weighted by atomic mass is 19.1. The molecule has 0 atom stereocenters. The molecule has 22 heavy (non-hydrogen) atoms. The number of nitrogens with one attached hydrogen (secondary N) is 1. The van der Waals surface area contributed by atoms with Crippen LogP contribution in [0.25, 0.3) is 0 Å². The molecule has 2 aromatic carbocycles. The van der Waals surface area contributed by atoms with Crippen LogP contribution < -0.4 is 4.90 Å². The van der Waals surface area contributed by atoms with Gasteiger partial charge in [-0.2, -0.15) is 5.10 Å². The molecule has 1 fully saturated rings. The van der Waals surface area contributed by atoms with Crippen molar-refractivity contribution in [2.45, 2.75) is 6.54 Å². The molecule has 1 aliphatic heterocycles. The number of hydrazone groups is 1. The number of piperazine rings is 1. The summed E-state index contributed by atoms with van der Waals surface area (Å²) in [5.74, 6) is -0.223. The van der Waals surface area contributed by atoms with Crippen molar-refractivity contribution in [3.8, 4) is 0 Å². The van der Waals surface area contributed by atoms with E-state index in [0.29, 0.717) is 5.56 Å². The fourth-order valence-corrected chi connectivity index (χ4v) is 2.71. The normalized spacial score (nSPS) is 16.3. The largest absolute Gasteiger partial charge is 0.328 e. The number of hydrogen-bond acceptors (Lipinski definition) is 2. The fraction of sp³-hybridized carbons (Fsp3) is 0.278. The summed E-state index contributed by atoms with van der Waals surface area (Å²) in [5, 5.41) is 6.44. The zero-order valence-electron chi connectivity index (χ0n) is 12.6. The van der Waals surface area contributed by atoms with Crippen molar-refractivity contribution in [3.63, 3.8) is 0 Å². The SMILES string of the molecule is Fc1ccccc1/C=N\N1CC[NH+](Cc2ccccc2)CC1. The van der Waals surface area contributed by atoms with E-state index in [0.717, 1.165) is 32.7 Å². The molecule has 0 unspecified atom stereocenters. The maximum atomic E-state index is 13.5. The predicted molar refractivity (Wildman–Crippen MR) is 86.4 cm³/mol. The first-order valence-electron chi connectivity index (χ1n) is 7.72. The van der Waals surface area contributed by atoms with E-state index in [2.05, 4.69) is 29.4 Å². The molecule has 0 aromatic heterocycles. The fourth-order valence-electron chi connectivity index (χ4n) is 2.71. The van der Waals surface area contributed by atoms with E-state index in [1.54, 1.807) is 23.2 Å². The minimum absolute atomic E-state index is 0.223. The van der Waals surface area contributed by atoms with Gasteiger partial charge in [0.2, 0.25) is 0 Å². The van der Waals surface area contributed by atoms with Gasteiger partial charge in [0.15, 0.2) is 0 Å². The van der Waals surface area contributed by atoms with Crippen molar-refractivity contribution >= 4 is 6.21 Å². The molecule has 0 radical (unpaired) electrons. The molecule has 1 heterocycles. The Balaban J connectivity index is 1.51. The highest BCUT2D eigenvalue weighted by Gasteiger charge is 2.18. The van der Waals surface area contributed by atoms with Gasteiger partial charge in [-0.1, -0.05) is 48.5 Å². The van der Waals surface area contributed by atoms with Crippen LogP contribution in [0, 0.1) is 5.82 Å². The number of rotatable bonds is 4. The van der Waals surface area contributed by atoms with E-state index in [1.807, 2.05) is 17.1 Å². The van der Waals surface area contributed by atoms with Crippen LogP contribution in [0.1, 0.15) is 11.1 Å². The summed E-state index contributed by atoms with van der Waals surface area (Å²) in [6.07, 6.45) is 1.62. The average molecular weight is 298 g/mol. The lowest BCUT2D eigenvalue weighted by Gasteiger charge is -2.30. The second kappa shape index (κ2) is 7.18. The van der Waals surface area contributed by atoms with Crippen molar-refractivity contribution in [2.24, 2.45) is 5.10 Å². The van der Waals surface area contributed by atoms with Gasteiger partial charge in [0, 0.05) is 11.1 Å². The number of halogens is 1. The predicted octanol–water partition coefficient (Wildman–Crippen LogP) is 1.56. The second-order valence-corrected chi connectivity index (χ2v) is 5.63. The van der Waals surface area contributed by atoms with E-state index in [4.69, 9.17) is 0 Å². The topological polar surface area (TPSA) is 20.0 Å². The molecule has 2 aromatic rings. The zero-order valence-corrected chi connectivity index (χ0v) is 12.6. The first kappa shape index (κ1) is 14.7. The Morgan fingerprint density at radius 1 is 1.00 bits per heavy atom. The molecule has 1 N–H and O–H groups in total. The number of hydrogen-bond donors (Lipinski definition) is 1. The van der Waals surface area contributed by atoms with Gasteiger partial charge < -0.3 is 4.90 Å². The summed E-state index contributed by atoms with van der Waals surface area (Å²) in [5.41, 5.74) is 1.92. The Morgan fingerprint density at radius 3 is 2.41 bits per heavy atom. The summed E-state index contributed by atoms with van der Waals surface area (Å²) in [6, 6.07) is 17.3. The molecule has 0 saturated carbocycles. The zero-order chi connectivity index (χ0) is 15.2. The van der Waals surface area contributed by atoms with Crippen LogP contribution in [-0.4, -0.2) is 37.4 Å². The molecule has 4 heteroatoms. The van der Waals surface area contributed by atoms with Crippen LogP contribution in [0.3, 0.4) is 0 Å². The summed E-state index contributed by atoms with van der Waals surface area (Å²) in [7, 11) is 0. The Bertz CT molecular complexity index is 619. The van der Waals surface area contributed by atoms with Gasteiger partial charge in [0.25, 0.3) is 0 Å². The van der Waals surface area contributed by atoms with Gasteiger partial charge in [0.05, 0.1) is 32.4 Å². The lowest BCUT2D eigenvalue weighted by atomic mass is 10.2. The Hall–Kier alpha value is -2.20. The van der Waals surface area contributed by atoms with Crippen molar-refractivity contribution in [1.29, 1.82) is 0 Å². The van der Waals surface area contributed by atoms with Gasteiger partial charge in [-0.05, 0) is 6.07 Å². The van der Waals surface area contributed by atoms with E-state index in [-0.39, 0.29) is 5.82 Å². The molecular formula is C18H21FN3+. The van der Waals surface area contributed by atoms with Gasteiger partial charge in [-0.15, -0.1) is 0 Å². The maximum absolute atomic E-state index is 13.5. The van der Waals surface area contributed by atoms with E-state index in [9.17, 15) is 4.39 Å². The molecule has 3 nitrogen and oxygen atoms in total. The monoisotopic (exact) mass is 298 g/mol. The number of nitrogens with zero attached hydrogens (tertiary/aromatic N) is 2. The van der Waals surface area contributed by atoms with Crippen molar-refractivity contribution in [2.75, 3.05) is 26.2 Å². The summed E-state index contributed by atoms with van der Waals surface area (Å²) in [4.78, 5) is 1.57. The highest BCUT2D eigenvalue weighted by molar-refractivity contribution is 5.79. The Kier molecular flexibility index (Phi) is 4.81. The minimum atomic E-state index is -0.223. The molecular weight excluding hydrogens is 277 g/mol. The van der Waals surface area contributed by atoms with Crippen molar-refractivity contribution in [3.05, 3.63) is 71.5 Å². The van der Waals surface area contributed by atoms with Crippen LogP contribution in [0.4, 0.5) is 4.39 Å². The third-order valence-electron chi connectivity index (χ3n) is 4.01. The lowest BCUT2D eigenvalue weighted by Crippen LogP contribution is -3.13. The first-order chi connectivity index (χ1) is 10.8. The van der Waals surface area contributed by atoms with Crippen LogP contribution in [0.5, 0.6) is 0 Å². The molecule has 1 saturated heterocycles. The van der Waals surface area contributed by atoms with Crippen LogP contribution in [0.2, 0.25) is 0 Å². The minimum Gasteiger partial charge on any atom is -0.328 e. The average Bonchev–Trinajstić information content (AvgIpc) is 2.56. The highest BCUT2D eigenvalue weighted by Crippen LogP contribution is 2.04. The van der Waals surface area contributed by atoms with E-state index >= 15 is 0 Å². The van der Waals surface area contributed by atoms with Crippen LogP contribution in [-0.2, 0) is 6.54 Å². The Labute approximate surface area is 130 Å². The van der Waals surface area contributed by atoms with Crippen LogP contribution >= 0.6 is 0 Å². The summed E-state index contributed by atoms with van der Waals surface area (Å²) < 4.78 is 13.5. The molecule has 1 aliphatic rings. The third-order valence-corrected chi connectivity index (χ3v) is 4.01. The summed E-state index contributed by atoms with van der Waals surface area (Å²) in [6.45, 7) is 5.00. The second-order valence-electron chi connectivity index (χ2n) is 5.63. The van der Waals surface area contributed by atoms with E-state index < -0.39 is 0 Å². The van der Waals surface area contributed by atoms with Crippen molar-refractivity contribution < 1.29 is 9.29 Å². The molecule has 0 amide bonds. The number of benzene rings is 2. The smallest absolute Gasteiger partial charge is 0.132 e. The standard InChI is InChI=1S/C18H20FN3/c19-18-9-5-4-8-17(18)14-20-22-12-10-21(11-13-22)15-16-6-2-1-3-7-16/h1-9,14H,10-13,15H2/p+1/b20-14-. The molecule has 114 valence electrons. The van der Waals surface area contributed by atoms with Gasteiger partial charge in [-0.3, -0.25) is 5.01 Å². The molecule has 0 bridgehead atoms. The van der Waals surface area contributed by atoms with Gasteiger partial charge in [-0.25, -0.2) is 4.39 Å². The third kappa shape index (κ3) is 3.92. The Morgan fingerprint density at radius 2 is 1.68 bits per heavy atom. The summed E-state index contributed by atoms with van der Waals surface area (Å²) >= 11 is 0. The molecule has 3 rings (SSSR count). The van der Waals surface area contributed by atoms with E-state index in [1.165, 1.54) is 11.6 Å². The van der Waals surface area contributed by atoms with Crippen LogP contribution in [0.15, 0.2) is 59.7 Å². The molecule has 0 spiro atoms. The van der Waals surface area contributed by atoms with Gasteiger partial charge in [0.1, 0.15) is 12.4 Å². The van der Waals surface area contributed by atoms with Crippen molar-refractivity contribution in [1.82, 2.24) is 5.01 Å². The lowest BCUT2D eigenvalue weighted by molar-refractivity contribution is -0.918.